The summed E-state index contributed by atoms with van der Waals surface area (Å²) in [5, 5.41) is 5.39. The summed E-state index contributed by atoms with van der Waals surface area (Å²) in [7, 11) is 2.65. The maximum Gasteiger partial charge on any atom is 0.407 e. The van der Waals surface area contributed by atoms with Gasteiger partial charge in [-0.05, 0) is 69.5 Å². The first-order valence-corrected chi connectivity index (χ1v) is 17.4. The molecule has 0 aromatic heterocycles. The average molecular weight is 725 g/mol. The molecule has 1 aliphatic heterocycles. The van der Waals surface area contributed by atoms with Crippen LogP contribution in [0.25, 0.3) is 11.1 Å². The van der Waals surface area contributed by atoms with E-state index in [1.165, 1.54) is 26.0 Å². The Morgan fingerprint density at radius 1 is 1.00 bits per heavy atom. The molecule has 0 aliphatic carbocycles. The molecular formula is C38H52N4O10. The Morgan fingerprint density at radius 2 is 1.63 bits per heavy atom. The van der Waals surface area contributed by atoms with Crippen molar-refractivity contribution in [2.75, 3.05) is 33.9 Å². The maximum atomic E-state index is 14.2. The summed E-state index contributed by atoms with van der Waals surface area (Å²) < 4.78 is 22.7. The number of hydrogen-bond donors (Lipinski definition) is 3. The van der Waals surface area contributed by atoms with Gasteiger partial charge in [0.15, 0.2) is 5.78 Å². The van der Waals surface area contributed by atoms with Crippen molar-refractivity contribution in [2.24, 2.45) is 11.7 Å². The fourth-order valence-corrected chi connectivity index (χ4v) is 5.74. The number of amides is 3. The second kappa shape index (κ2) is 18.5. The highest BCUT2D eigenvalue weighted by molar-refractivity contribution is 5.96. The number of nitrogens with two attached hydrogens (primary N) is 1. The van der Waals surface area contributed by atoms with E-state index in [1.807, 2.05) is 6.92 Å². The van der Waals surface area contributed by atoms with Crippen LogP contribution in [0.3, 0.4) is 0 Å². The van der Waals surface area contributed by atoms with Crippen molar-refractivity contribution in [2.45, 2.75) is 91.0 Å². The minimum atomic E-state index is -1.20. The standard InChI is InChI=1S/C38H52N4O10/c1-9-15-50-32-13-11-25-21-27(32)26-19-24(10-12-31(26)51-16-14-40-37(48)52-38(4,5)6)20-29(36(47)49-8)41-34(45)22(2)17-30(44)33(25)42(7)35(46)28(39)18-23(3)43/h10-13,19,21-22,28-29,33H,9,14-18,20,39H2,1-8H3,(H,40,48)(H,41,45)/t22-,28+,29+,33+/m1/s1. The third-order valence-electron chi connectivity index (χ3n) is 8.20. The van der Waals surface area contributed by atoms with Gasteiger partial charge < -0.3 is 40.2 Å². The van der Waals surface area contributed by atoms with Crippen LogP contribution in [0.1, 0.15) is 78.0 Å². The summed E-state index contributed by atoms with van der Waals surface area (Å²) in [6.07, 6.45) is -0.337. The zero-order valence-corrected chi connectivity index (χ0v) is 31.3. The Balaban J connectivity index is 2.22. The molecule has 0 radical (unpaired) electrons. The van der Waals surface area contributed by atoms with Gasteiger partial charge in [-0.25, -0.2) is 9.59 Å². The zero-order valence-electron chi connectivity index (χ0n) is 31.3. The van der Waals surface area contributed by atoms with Gasteiger partial charge in [-0.2, -0.15) is 0 Å². The number of carbonyl (C=O) groups is 6. The quantitative estimate of drug-likeness (QED) is 0.214. The highest BCUT2D eigenvalue weighted by Crippen LogP contribution is 2.40. The number of fused-ring (bicyclic) bond motifs is 5. The van der Waals surface area contributed by atoms with Gasteiger partial charge in [-0.1, -0.05) is 26.0 Å². The van der Waals surface area contributed by atoms with Crippen LogP contribution in [-0.2, 0) is 39.9 Å². The van der Waals surface area contributed by atoms with Gasteiger partial charge in [-0.15, -0.1) is 0 Å². The highest BCUT2D eigenvalue weighted by Gasteiger charge is 2.35. The molecular weight excluding hydrogens is 672 g/mol. The summed E-state index contributed by atoms with van der Waals surface area (Å²) in [4.78, 5) is 79.2. The molecule has 14 nitrogen and oxygen atoms in total. The van der Waals surface area contributed by atoms with E-state index in [4.69, 9.17) is 24.7 Å². The van der Waals surface area contributed by atoms with E-state index in [2.05, 4.69) is 10.6 Å². The molecule has 0 unspecified atom stereocenters. The van der Waals surface area contributed by atoms with Crippen LogP contribution in [0.2, 0.25) is 0 Å². The summed E-state index contributed by atoms with van der Waals surface area (Å²) in [6, 6.07) is 6.88. The summed E-state index contributed by atoms with van der Waals surface area (Å²) >= 11 is 0. The molecule has 3 amide bonds. The number of methoxy groups -OCH3 is 1. The fraction of sp³-hybridized carbons (Fsp3) is 0.526. The van der Waals surface area contributed by atoms with Crippen molar-refractivity contribution in [3.05, 3.63) is 47.5 Å². The summed E-state index contributed by atoms with van der Waals surface area (Å²) in [5.74, 6) is -2.64. The number of ketones is 2. The SMILES string of the molecule is CCCOc1ccc2cc1-c1cc(ccc1OCCNC(=O)OC(C)(C)C)C[C@@H](C(=O)OC)NC(=O)[C@H](C)CC(=O)[C@H]2N(C)C(=O)[C@@H](N)CC(C)=O. The minimum Gasteiger partial charge on any atom is -0.493 e. The number of rotatable bonds is 12. The molecule has 0 saturated carbocycles. The van der Waals surface area contributed by atoms with Crippen LogP contribution in [0.5, 0.6) is 11.5 Å². The maximum absolute atomic E-state index is 14.2. The smallest absolute Gasteiger partial charge is 0.407 e. The number of benzene rings is 2. The Bertz CT molecular complexity index is 1640. The minimum absolute atomic E-state index is 0.0571. The summed E-state index contributed by atoms with van der Waals surface area (Å²) in [5.41, 5.74) is 7.55. The van der Waals surface area contributed by atoms with E-state index in [0.29, 0.717) is 46.8 Å². The average Bonchev–Trinajstić information content (AvgIpc) is 3.07. The third kappa shape index (κ3) is 11.5. The van der Waals surface area contributed by atoms with E-state index in [-0.39, 0.29) is 38.2 Å². The molecule has 0 fully saturated rings. The first kappa shape index (κ1) is 41.4. The Morgan fingerprint density at radius 3 is 2.25 bits per heavy atom. The Kier molecular flexibility index (Phi) is 14.7. The molecule has 0 spiro atoms. The fourth-order valence-electron chi connectivity index (χ4n) is 5.74. The monoisotopic (exact) mass is 724 g/mol. The third-order valence-corrected chi connectivity index (χ3v) is 8.20. The molecule has 3 rings (SSSR count). The molecule has 4 bridgehead atoms. The van der Waals surface area contributed by atoms with Gasteiger partial charge >= 0.3 is 12.1 Å². The van der Waals surface area contributed by atoms with E-state index in [1.54, 1.807) is 64.1 Å². The van der Waals surface area contributed by atoms with E-state index >= 15 is 0 Å². The van der Waals surface area contributed by atoms with Crippen LogP contribution in [0.15, 0.2) is 36.4 Å². The van der Waals surface area contributed by atoms with Crippen molar-refractivity contribution in [3.8, 4) is 22.6 Å². The predicted molar refractivity (Wildman–Crippen MR) is 193 cm³/mol. The van der Waals surface area contributed by atoms with Crippen molar-refractivity contribution in [3.63, 3.8) is 0 Å². The Labute approximate surface area is 305 Å². The van der Waals surface area contributed by atoms with Gasteiger partial charge in [0.05, 0.1) is 26.3 Å². The van der Waals surface area contributed by atoms with Gasteiger partial charge in [0, 0.05) is 43.4 Å². The summed E-state index contributed by atoms with van der Waals surface area (Å²) in [6.45, 7) is 10.7. The highest BCUT2D eigenvalue weighted by atomic mass is 16.6. The molecule has 14 heteroatoms. The number of carbonyl (C=O) groups excluding carboxylic acids is 6. The number of ether oxygens (including phenoxy) is 4. The number of nitrogens with one attached hydrogen (secondary N) is 2. The molecule has 1 aliphatic rings. The number of Topliss-reactive ketones (excluding diaryl/α,β-unsaturated/α-hetero) is 2. The van der Waals surface area contributed by atoms with Crippen molar-refractivity contribution < 1.29 is 47.7 Å². The number of likely N-dealkylation sites (N-methyl/N-ethyl adjacent to an activating group) is 1. The molecule has 0 saturated heterocycles. The number of hydrogen-bond acceptors (Lipinski definition) is 11. The molecule has 4 atom stereocenters. The lowest BCUT2D eigenvalue weighted by molar-refractivity contribution is -0.145. The number of nitrogens with zero attached hydrogens (tertiary/aromatic N) is 1. The second-order valence-corrected chi connectivity index (χ2v) is 13.9. The number of alkyl carbamates (subject to hydrolysis) is 1. The van der Waals surface area contributed by atoms with Crippen molar-refractivity contribution >= 4 is 35.4 Å². The van der Waals surface area contributed by atoms with Crippen molar-refractivity contribution in [1.82, 2.24) is 15.5 Å². The van der Waals surface area contributed by atoms with E-state index in [9.17, 15) is 28.8 Å². The normalized spacial score (nSPS) is 18.2. The predicted octanol–water partition coefficient (Wildman–Crippen LogP) is 3.66. The molecule has 2 aromatic carbocycles. The van der Waals surface area contributed by atoms with Crippen LogP contribution < -0.4 is 25.8 Å². The van der Waals surface area contributed by atoms with Crippen LogP contribution >= 0.6 is 0 Å². The molecule has 4 N–H and O–H groups in total. The van der Waals surface area contributed by atoms with Crippen LogP contribution in [-0.4, -0.2) is 91.9 Å². The molecule has 1 heterocycles. The first-order chi connectivity index (χ1) is 24.4. The van der Waals surface area contributed by atoms with Gasteiger partial charge in [0.25, 0.3) is 0 Å². The molecule has 2 aromatic rings. The van der Waals surface area contributed by atoms with Gasteiger partial charge in [0.2, 0.25) is 11.8 Å². The van der Waals surface area contributed by atoms with Crippen LogP contribution in [0.4, 0.5) is 4.79 Å². The van der Waals surface area contributed by atoms with Gasteiger partial charge in [-0.3, -0.25) is 19.2 Å². The largest absolute Gasteiger partial charge is 0.493 e. The van der Waals surface area contributed by atoms with Gasteiger partial charge in [0.1, 0.15) is 41.6 Å². The van der Waals surface area contributed by atoms with E-state index in [0.717, 1.165) is 0 Å². The lowest BCUT2D eigenvalue weighted by Gasteiger charge is -2.31. The first-order valence-electron chi connectivity index (χ1n) is 17.4. The van der Waals surface area contributed by atoms with E-state index < -0.39 is 59.3 Å². The lowest BCUT2D eigenvalue weighted by Crippen LogP contribution is -2.47. The van der Waals surface area contributed by atoms with Crippen molar-refractivity contribution in [1.29, 1.82) is 0 Å². The number of esters is 1. The topological polar surface area (TPSA) is 193 Å². The van der Waals surface area contributed by atoms with Crippen LogP contribution in [0, 0.1) is 5.92 Å². The lowest BCUT2D eigenvalue weighted by atomic mass is 9.89. The Hall–Kier alpha value is -4.98. The second-order valence-electron chi connectivity index (χ2n) is 13.9. The molecule has 52 heavy (non-hydrogen) atoms. The zero-order chi connectivity index (χ0) is 38.7. The molecule has 284 valence electrons.